The van der Waals surface area contributed by atoms with Crippen molar-refractivity contribution in [2.75, 3.05) is 13.2 Å². The molecule has 0 rings (SSSR count). The minimum Gasteiger partial charge on any atom is -0.462 e. The molecule has 0 unspecified atom stereocenters. The van der Waals surface area contributed by atoms with Gasteiger partial charge in [-0.15, -0.1) is 0 Å². The molecule has 0 spiro atoms. The first-order valence-corrected chi connectivity index (χ1v) is 29.1. The monoisotopic (exact) mass is 919 g/mol. The van der Waals surface area contributed by atoms with Gasteiger partial charge in [0.25, 0.3) is 0 Å². The first kappa shape index (κ1) is 63.4. The SMILES string of the molecule is CC(C)CCCCCCCCCCCCCCCCCCC(=O)OC[C@@H](COC(=O)CCCCCCCCCCCCCCCC(C)C)OC(=O)CCCCCCCCCCCC(C)C. The third-order valence-corrected chi connectivity index (χ3v) is 13.4. The Hall–Kier alpha value is -1.59. The van der Waals surface area contributed by atoms with E-state index in [0.717, 1.165) is 75.5 Å². The molecule has 6 heteroatoms. The zero-order valence-corrected chi connectivity index (χ0v) is 44.8. The molecule has 1 atom stereocenters. The summed E-state index contributed by atoms with van der Waals surface area (Å²) in [6.07, 6.45) is 52.4. The fraction of sp³-hybridized carbons (Fsp3) is 0.949. The lowest BCUT2D eigenvalue weighted by Crippen LogP contribution is -2.30. The Morgan fingerprint density at radius 1 is 0.262 bits per heavy atom. The Balaban J connectivity index is 4.26. The van der Waals surface area contributed by atoms with Gasteiger partial charge in [-0.05, 0) is 37.0 Å². The lowest BCUT2D eigenvalue weighted by atomic mass is 10.0. The van der Waals surface area contributed by atoms with Crippen LogP contribution in [-0.4, -0.2) is 37.2 Å². The lowest BCUT2D eigenvalue weighted by molar-refractivity contribution is -0.167. The highest BCUT2D eigenvalue weighted by Gasteiger charge is 2.19. The molecule has 0 aliphatic rings. The smallest absolute Gasteiger partial charge is 0.306 e. The van der Waals surface area contributed by atoms with E-state index in [1.54, 1.807) is 0 Å². The van der Waals surface area contributed by atoms with E-state index in [9.17, 15) is 14.4 Å². The van der Waals surface area contributed by atoms with Crippen LogP contribution in [0.25, 0.3) is 0 Å². The van der Waals surface area contributed by atoms with Crippen LogP contribution in [-0.2, 0) is 28.6 Å². The fourth-order valence-electron chi connectivity index (χ4n) is 9.00. The largest absolute Gasteiger partial charge is 0.462 e. The number of unbranched alkanes of at least 4 members (excludes halogenated alkanes) is 35. The van der Waals surface area contributed by atoms with Gasteiger partial charge in [0, 0.05) is 19.3 Å². The van der Waals surface area contributed by atoms with E-state index >= 15 is 0 Å². The molecule has 0 saturated heterocycles. The van der Waals surface area contributed by atoms with Gasteiger partial charge in [0.05, 0.1) is 0 Å². The van der Waals surface area contributed by atoms with Gasteiger partial charge in [0.15, 0.2) is 6.10 Å². The maximum Gasteiger partial charge on any atom is 0.306 e. The van der Waals surface area contributed by atoms with Gasteiger partial charge in [-0.1, -0.05) is 286 Å². The van der Waals surface area contributed by atoms with Gasteiger partial charge < -0.3 is 14.2 Å². The van der Waals surface area contributed by atoms with E-state index in [0.29, 0.717) is 19.3 Å². The van der Waals surface area contributed by atoms with Gasteiger partial charge in [-0.2, -0.15) is 0 Å². The van der Waals surface area contributed by atoms with Crippen LogP contribution < -0.4 is 0 Å². The summed E-state index contributed by atoms with van der Waals surface area (Å²) in [6, 6.07) is 0. The molecule has 0 aromatic heterocycles. The van der Waals surface area contributed by atoms with Gasteiger partial charge in [-0.3, -0.25) is 14.4 Å². The van der Waals surface area contributed by atoms with Crippen LogP contribution in [0.3, 0.4) is 0 Å². The molecule has 0 saturated carbocycles. The summed E-state index contributed by atoms with van der Waals surface area (Å²) >= 11 is 0. The number of ether oxygens (including phenoxy) is 3. The molecule has 0 amide bonds. The van der Waals surface area contributed by atoms with E-state index < -0.39 is 6.10 Å². The van der Waals surface area contributed by atoms with Gasteiger partial charge in [-0.25, -0.2) is 0 Å². The molecule has 0 aromatic carbocycles. The average molecular weight is 920 g/mol. The fourth-order valence-corrected chi connectivity index (χ4v) is 9.00. The van der Waals surface area contributed by atoms with Crippen molar-refractivity contribution in [3.63, 3.8) is 0 Å². The second-order valence-corrected chi connectivity index (χ2v) is 21.7. The number of carbonyl (C=O) groups excluding carboxylic acids is 3. The van der Waals surface area contributed by atoms with Crippen LogP contribution in [0.4, 0.5) is 0 Å². The third kappa shape index (κ3) is 53.2. The summed E-state index contributed by atoms with van der Waals surface area (Å²) in [7, 11) is 0. The average Bonchev–Trinajstić information content (AvgIpc) is 3.26. The summed E-state index contributed by atoms with van der Waals surface area (Å²) in [6.45, 7) is 13.8. The number of hydrogen-bond acceptors (Lipinski definition) is 6. The van der Waals surface area contributed by atoms with Gasteiger partial charge in [0.1, 0.15) is 13.2 Å². The molecule has 0 aromatic rings. The Kier molecular flexibility index (Phi) is 49.1. The van der Waals surface area contributed by atoms with Crippen LogP contribution in [0.2, 0.25) is 0 Å². The van der Waals surface area contributed by atoms with E-state index in [-0.39, 0.29) is 31.1 Å². The predicted molar refractivity (Wildman–Crippen MR) is 279 cm³/mol. The van der Waals surface area contributed by atoms with Gasteiger partial charge >= 0.3 is 17.9 Å². The minimum atomic E-state index is -0.764. The quantitative estimate of drug-likeness (QED) is 0.0344. The summed E-state index contributed by atoms with van der Waals surface area (Å²) in [5, 5.41) is 0. The molecule has 0 N–H and O–H groups in total. The summed E-state index contributed by atoms with van der Waals surface area (Å²) in [4.78, 5) is 38.1. The molecule has 65 heavy (non-hydrogen) atoms. The standard InChI is InChI=1S/C59H114O6/c1-53(2)45-39-33-27-21-16-12-9-7-8-10-14-18-24-30-36-42-48-57(60)63-51-56(65-59(62)50-44-38-32-26-20-23-29-35-41-47-55(5)6)52-64-58(61)49-43-37-31-25-19-15-11-13-17-22-28-34-40-46-54(3)4/h53-56H,7-52H2,1-6H3/t56-/m0/s1. The summed E-state index contributed by atoms with van der Waals surface area (Å²) in [5.74, 6) is 1.65. The van der Waals surface area contributed by atoms with E-state index in [2.05, 4.69) is 41.5 Å². The molecule has 386 valence electrons. The minimum absolute atomic E-state index is 0.0637. The maximum absolute atomic E-state index is 12.8. The Bertz CT molecular complexity index is 1010. The molecule has 0 radical (unpaired) electrons. The van der Waals surface area contributed by atoms with Crippen molar-refractivity contribution in [3.05, 3.63) is 0 Å². The summed E-state index contributed by atoms with van der Waals surface area (Å²) in [5.41, 5.74) is 0. The van der Waals surface area contributed by atoms with Crippen molar-refractivity contribution < 1.29 is 28.6 Å². The molecular weight excluding hydrogens is 805 g/mol. The molecule has 0 aliphatic carbocycles. The van der Waals surface area contributed by atoms with E-state index in [4.69, 9.17) is 14.2 Å². The Morgan fingerprint density at radius 3 is 0.662 bits per heavy atom. The molecule has 0 aliphatic heterocycles. The maximum atomic E-state index is 12.8. The topological polar surface area (TPSA) is 78.9 Å². The molecule has 0 fully saturated rings. The van der Waals surface area contributed by atoms with Gasteiger partial charge in [0.2, 0.25) is 0 Å². The van der Waals surface area contributed by atoms with Crippen molar-refractivity contribution in [1.29, 1.82) is 0 Å². The normalized spacial score (nSPS) is 12.1. The molecular formula is C59H114O6. The number of hydrogen-bond donors (Lipinski definition) is 0. The highest BCUT2D eigenvalue weighted by atomic mass is 16.6. The summed E-state index contributed by atoms with van der Waals surface area (Å²) < 4.78 is 16.9. The van der Waals surface area contributed by atoms with Crippen molar-refractivity contribution in [3.8, 4) is 0 Å². The van der Waals surface area contributed by atoms with Crippen molar-refractivity contribution in [2.45, 2.75) is 330 Å². The van der Waals surface area contributed by atoms with E-state index in [1.165, 1.54) is 205 Å². The number of esters is 3. The highest BCUT2D eigenvalue weighted by Crippen LogP contribution is 2.18. The Labute approximate surface area is 406 Å². The number of carbonyl (C=O) groups is 3. The lowest BCUT2D eigenvalue weighted by Gasteiger charge is -2.18. The first-order valence-electron chi connectivity index (χ1n) is 29.1. The molecule has 6 nitrogen and oxygen atoms in total. The first-order chi connectivity index (χ1) is 31.6. The van der Waals surface area contributed by atoms with Crippen molar-refractivity contribution in [2.24, 2.45) is 17.8 Å². The van der Waals surface area contributed by atoms with Crippen LogP contribution in [0.1, 0.15) is 324 Å². The number of rotatable bonds is 52. The molecule has 0 bridgehead atoms. The van der Waals surface area contributed by atoms with Crippen molar-refractivity contribution >= 4 is 17.9 Å². The second-order valence-electron chi connectivity index (χ2n) is 21.7. The van der Waals surface area contributed by atoms with Crippen LogP contribution in [0.5, 0.6) is 0 Å². The van der Waals surface area contributed by atoms with Crippen molar-refractivity contribution in [1.82, 2.24) is 0 Å². The highest BCUT2D eigenvalue weighted by molar-refractivity contribution is 5.71. The zero-order chi connectivity index (χ0) is 47.7. The van der Waals surface area contributed by atoms with Crippen LogP contribution in [0, 0.1) is 17.8 Å². The predicted octanol–water partition coefficient (Wildman–Crippen LogP) is 19.1. The zero-order valence-electron chi connectivity index (χ0n) is 44.8. The molecule has 0 heterocycles. The van der Waals surface area contributed by atoms with Crippen LogP contribution >= 0.6 is 0 Å². The third-order valence-electron chi connectivity index (χ3n) is 13.4. The second kappa shape index (κ2) is 50.3. The Morgan fingerprint density at radius 2 is 0.446 bits per heavy atom. The van der Waals surface area contributed by atoms with E-state index in [1.807, 2.05) is 0 Å². The van der Waals surface area contributed by atoms with Crippen LogP contribution in [0.15, 0.2) is 0 Å².